The lowest BCUT2D eigenvalue weighted by Crippen LogP contribution is -2.27. The number of thioether (sulfide) groups is 1. The van der Waals surface area contributed by atoms with Gasteiger partial charge in [0.15, 0.2) is 0 Å². The van der Waals surface area contributed by atoms with E-state index in [9.17, 15) is 0 Å². The maximum atomic E-state index is 6.18. The van der Waals surface area contributed by atoms with Crippen molar-refractivity contribution in [1.82, 2.24) is 5.01 Å². The number of aryl methyl sites for hydroxylation is 1. The smallest absolute Gasteiger partial charge is 0.0373 e. The summed E-state index contributed by atoms with van der Waals surface area (Å²) in [5.41, 5.74) is 12.3. The van der Waals surface area contributed by atoms with Gasteiger partial charge in [-0.15, -0.1) is 0 Å². The molecule has 0 saturated carbocycles. The predicted molar refractivity (Wildman–Crippen MR) is 126 cm³/mol. The maximum absolute atomic E-state index is 6.18. The largest absolute Gasteiger partial charge is 0.401 e. The maximum Gasteiger partial charge on any atom is 0.0373 e. The quantitative estimate of drug-likeness (QED) is 0.227. The molecule has 2 rings (SSSR count). The average molecular weight is 398 g/mol. The van der Waals surface area contributed by atoms with Gasteiger partial charge in [-0.05, 0) is 61.5 Å². The van der Waals surface area contributed by atoms with Crippen molar-refractivity contribution in [1.29, 1.82) is 0 Å². The third-order valence-corrected chi connectivity index (χ3v) is 5.64. The molecule has 3 nitrogen and oxygen atoms in total. The summed E-state index contributed by atoms with van der Waals surface area (Å²) >= 11 is 1.94. The van der Waals surface area contributed by atoms with Gasteiger partial charge in [-0.2, -0.15) is 11.8 Å². The van der Waals surface area contributed by atoms with E-state index >= 15 is 0 Å². The van der Waals surface area contributed by atoms with Crippen LogP contribution < -0.4 is 11.6 Å². The predicted octanol–water partition coefficient (Wildman–Crippen LogP) is 5.42. The number of nitrogens with zero attached hydrogens (tertiary/aromatic N) is 1. The molecule has 28 heavy (non-hydrogen) atoms. The van der Waals surface area contributed by atoms with Crippen LogP contribution >= 0.6 is 11.8 Å². The van der Waals surface area contributed by atoms with Crippen LogP contribution in [0.15, 0.2) is 66.0 Å². The van der Waals surface area contributed by atoms with Gasteiger partial charge < -0.3 is 10.7 Å². The number of hydrogen-bond acceptors (Lipinski definition) is 4. The molecule has 0 unspecified atom stereocenters. The Balaban J connectivity index is 1.76. The van der Waals surface area contributed by atoms with Crippen LogP contribution in [0.4, 0.5) is 0 Å². The lowest BCUT2D eigenvalue weighted by molar-refractivity contribution is 0.392. The van der Waals surface area contributed by atoms with Gasteiger partial charge >= 0.3 is 0 Å². The van der Waals surface area contributed by atoms with Gasteiger partial charge in [-0.25, -0.2) is 5.84 Å². The molecule has 0 atom stereocenters. The summed E-state index contributed by atoms with van der Waals surface area (Å²) in [6, 6.07) is 8.82. The normalized spacial score (nSPS) is 14.9. The molecule has 4 heteroatoms. The molecule has 1 aromatic carbocycles. The lowest BCUT2D eigenvalue weighted by Gasteiger charge is -2.15. The van der Waals surface area contributed by atoms with E-state index in [1.165, 1.54) is 22.3 Å². The zero-order valence-corrected chi connectivity index (χ0v) is 18.2. The minimum atomic E-state index is 0.789. The van der Waals surface area contributed by atoms with E-state index in [-0.39, 0.29) is 0 Å². The Kier molecular flexibility index (Phi) is 10.0. The minimum absolute atomic E-state index is 0.789. The van der Waals surface area contributed by atoms with Crippen LogP contribution in [0.1, 0.15) is 50.7 Å². The van der Waals surface area contributed by atoms with E-state index in [0.29, 0.717) is 0 Å². The highest BCUT2D eigenvalue weighted by atomic mass is 32.2. The van der Waals surface area contributed by atoms with E-state index in [1.54, 1.807) is 5.01 Å². The molecule has 1 aromatic rings. The summed E-state index contributed by atoms with van der Waals surface area (Å²) in [5, 5.41) is 1.71. The van der Waals surface area contributed by atoms with Gasteiger partial charge in [-0.3, -0.25) is 0 Å². The van der Waals surface area contributed by atoms with Crippen LogP contribution in [0.25, 0.3) is 5.57 Å². The number of allylic oxidation sites excluding steroid dienone is 5. The van der Waals surface area contributed by atoms with Gasteiger partial charge in [0.1, 0.15) is 0 Å². The topological polar surface area (TPSA) is 55.3 Å². The molecule has 0 aliphatic heterocycles. The van der Waals surface area contributed by atoms with Gasteiger partial charge in [0.05, 0.1) is 0 Å². The molecule has 0 aromatic heterocycles. The van der Waals surface area contributed by atoms with E-state index in [2.05, 4.69) is 62.4 Å². The summed E-state index contributed by atoms with van der Waals surface area (Å²) < 4.78 is 0. The summed E-state index contributed by atoms with van der Waals surface area (Å²) in [6.45, 7) is 5.14. The number of rotatable bonds is 11. The lowest BCUT2D eigenvalue weighted by atomic mass is 9.98. The van der Waals surface area contributed by atoms with Crippen molar-refractivity contribution in [3.05, 3.63) is 77.2 Å². The van der Waals surface area contributed by atoms with Crippen LogP contribution in [-0.2, 0) is 6.42 Å². The van der Waals surface area contributed by atoms with Crippen LogP contribution in [0, 0.1) is 0 Å². The van der Waals surface area contributed by atoms with Crippen molar-refractivity contribution in [2.24, 2.45) is 11.6 Å². The molecule has 0 amide bonds. The summed E-state index contributed by atoms with van der Waals surface area (Å²) in [6.07, 6.45) is 15.9. The number of benzene rings is 1. The minimum Gasteiger partial charge on any atom is -0.401 e. The first kappa shape index (κ1) is 22.4. The summed E-state index contributed by atoms with van der Waals surface area (Å²) in [7, 11) is 0. The highest BCUT2D eigenvalue weighted by Gasteiger charge is 2.03. The molecule has 1 aliphatic rings. The number of hydrazine groups is 1. The van der Waals surface area contributed by atoms with Crippen molar-refractivity contribution in [3.8, 4) is 0 Å². The number of hydrogen-bond donors (Lipinski definition) is 2. The molecule has 0 radical (unpaired) electrons. The third-order valence-electron chi connectivity index (χ3n) is 4.83. The standard InChI is InChI=1S/C24H35N3S/c1-3-28-18-16-20(2)15-17-27(26)19-24(25)14-11-21-9-12-23(13-10-21)22-7-5-4-6-8-22/h5,7-10,12-13,16,19H,3-4,6,11,14-15,17-18,25-26H2,1-2H3/b20-16+,24-19-. The Morgan fingerprint density at radius 2 is 1.96 bits per heavy atom. The Morgan fingerprint density at radius 3 is 2.64 bits per heavy atom. The second kappa shape index (κ2) is 12.5. The highest BCUT2D eigenvalue weighted by Crippen LogP contribution is 2.22. The molecular formula is C24H35N3S. The zero-order valence-electron chi connectivity index (χ0n) is 17.4. The first-order valence-corrected chi connectivity index (χ1v) is 11.4. The Labute approximate surface area is 175 Å². The first-order valence-electron chi connectivity index (χ1n) is 10.3. The SMILES string of the molecule is CCSC/C=C(\C)CCN(N)/C=C(\N)CCc1ccc(C2=CCCC=C2)cc1. The molecule has 0 bridgehead atoms. The molecule has 0 spiro atoms. The van der Waals surface area contributed by atoms with E-state index in [0.717, 1.165) is 55.9 Å². The Bertz CT molecular complexity index is 714. The molecule has 0 heterocycles. The van der Waals surface area contributed by atoms with Crippen LogP contribution in [-0.4, -0.2) is 23.1 Å². The van der Waals surface area contributed by atoms with Crippen LogP contribution in [0.3, 0.4) is 0 Å². The van der Waals surface area contributed by atoms with Crippen molar-refractivity contribution >= 4 is 17.3 Å². The third kappa shape index (κ3) is 8.41. The van der Waals surface area contributed by atoms with Crippen molar-refractivity contribution in [3.63, 3.8) is 0 Å². The van der Waals surface area contributed by atoms with E-state index in [1.807, 2.05) is 18.0 Å². The fraction of sp³-hybridized carbons (Fsp3) is 0.417. The van der Waals surface area contributed by atoms with Gasteiger partial charge in [0.2, 0.25) is 0 Å². The fourth-order valence-corrected chi connectivity index (χ4v) is 3.69. The van der Waals surface area contributed by atoms with Gasteiger partial charge in [-0.1, -0.05) is 61.1 Å². The van der Waals surface area contributed by atoms with E-state index in [4.69, 9.17) is 11.6 Å². The highest BCUT2D eigenvalue weighted by molar-refractivity contribution is 7.99. The monoisotopic (exact) mass is 397 g/mol. The molecule has 0 fully saturated rings. The fourth-order valence-electron chi connectivity index (χ4n) is 3.05. The second-order valence-corrected chi connectivity index (χ2v) is 8.56. The first-order chi connectivity index (χ1) is 13.6. The molecular weight excluding hydrogens is 362 g/mol. The summed E-state index contributed by atoms with van der Waals surface area (Å²) in [5.74, 6) is 8.32. The summed E-state index contributed by atoms with van der Waals surface area (Å²) in [4.78, 5) is 0. The number of nitrogens with two attached hydrogens (primary N) is 2. The Hall–Kier alpha value is -1.91. The van der Waals surface area contributed by atoms with Gasteiger partial charge in [0.25, 0.3) is 0 Å². The van der Waals surface area contributed by atoms with Crippen molar-refractivity contribution in [2.45, 2.75) is 46.0 Å². The molecule has 152 valence electrons. The zero-order chi connectivity index (χ0) is 20.2. The molecule has 0 saturated heterocycles. The van der Waals surface area contributed by atoms with E-state index < -0.39 is 0 Å². The Morgan fingerprint density at radius 1 is 1.18 bits per heavy atom. The molecule has 1 aliphatic carbocycles. The second-order valence-electron chi connectivity index (χ2n) is 7.24. The van der Waals surface area contributed by atoms with Crippen LogP contribution in [0.2, 0.25) is 0 Å². The van der Waals surface area contributed by atoms with Crippen molar-refractivity contribution in [2.75, 3.05) is 18.1 Å². The van der Waals surface area contributed by atoms with Gasteiger partial charge in [0, 0.05) is 24.2 Å². The van der Waals surface area contributed by atoms with Crippen molar-refractivity contribution < 1.29 is 0 Å². The average Bonchev–Trinajstić information content (AvgIpc) is 2.72. The van der Waals surface area contributed by atoms with Crippen LogP contribution in [0.5, 0.6) is 0 Å². The molecule has 4 N–H and O–H groups in total.